The maximum absolute atomic E-state index is 11.7. The Bertz CT molecular complexity index is 179. The highest BCUT2D eigenvalue weighted by Gasteiger charge is 2.36. The number of hydrogen-bond acceptors (Lipinski definition) is 1. The average molecular weight is 363 g/mol. The second kappa shape index (κ2) is 4.56. The number of carbonyl (C=O) groups is 1. The molecular weight excluding hydrogens is 352 g/mol. The van der Waals surface area contributed by atoms with E-state index in [4.69, 9.17) is 0 Å². The largest absolute Gasteiger partial charge is 0.296 e. The van der Waals surface area contributed by atoms with Crippen molar-refractivity contribution in [1.29, 1.82) is 0 Å². The molecule has 1 saturated carbocycles. The van der Waals surface area contributed by atoms with E-state index in [2.05, 4.69) is 47.8 Å². The van der Waals surface area contributed by atoms with E-state index < -0.39 is 3.23 Å². The standard InChI is InChI=1S/C8H11Br3O/c9-6-4-2-1-3-5-8(10,11)7(6)12/h6H,1-5H2. The number of Topliss-reactive ketones (excluding diaryl/α,β-unsaturated/α-hetero) is 1. The monoisotopic (exact) mass is 360 g/mol. The van der Waals surface area contributed by atoms with Gasteiger partial charge < -0.3 is 0 Å². The number of rotatable bonds is 0. The van der Waals surface area contributed by atoms with Crippen molar-refractivity contribution in [2.24, 2.45) is 0 Å². The van der Waals surface area contributed by atoms with Crippen LogP contribution in [-0.2, 0) is 4.79 Å². The van der Waals surface area contributed by atoms with Gasteiger partial charge in [0.2, 0.25) is 0 Å². The molecule has 0 aliphatic heterocycles. The molecular formula is C8H11Br3O. The molecule has 0 amide bonds. The molecule has 0 heterocycles. The summed E-state index contributed by atoms with van der Waals surface area (Å²) in [5, 5.41) is 0. The lowest BCUT2D eigenvalue weighted by Gasteiger charge is -2.24. The molecule has 0 N–H and O–H groups in total. The van der Waals surface area contributed by atoms with E-state index in [1.54, 1.807) is 0 Å². The molecule has 12 heavy (non-hydrogen) atoms. The van der Waals surface area contributed by atoms with Gasteiger partial charge in [0.1, 0.15) is 3.23 Å². The molecule has 0 aromatic heterocycles. The summed E-state index contributed by atoms with van der Waals surface area (Å²) in [5.41, 5.74) is 0. The van der Waals surface area contributed by atoms with Gasteiger partial charge in [-0.3, -0.25) is 4.79 Å². The number of halogens is 3. The molecule has 1 aliphatic carbocycles. The third-order valence-electron chi connectivity index (χ3n) is 2.09. The highest BCUT2D eigenvalue weighted by molar-refractivity contribution is 9.26. The van der Waals surface area contributed by atoms with Crippen LogP contribution in [0.2, 0.25) is 0 Å². The van der Waals surface area contributed by atoms with Crippen LogP contribution in [0.1, 0.15) is 32.1 Å². The second-order valence-corrected chi connectivity index (χ2v) is 8.01. The van der Waals surface area contributed by atoms with E-state index in [1.165, 1.54) is 6.42 Å². The van der Waals surface area contributed by atoms with Gasteiger partial charge in [0.25, 0.3) is 0 Å². The fourth-order valence-electron chi connectivity index (χ4n) is 1.33. The Balaban J connectivity index is 2.67. The molecule has 70 valence electrons. The summed E-state index contributed by atoms with van der Waals surface area (Å²) in [6.45, 7) is 0. The van der Waals surface area contributed by atoms with Crippen LogP contribution in [0.3, 0.4) is 0 Å². The summed E-state index contributed by atoms with van der Waals surface area (Å²) < 4.78 is -0.478. The van der Waals surface area contributed by atoms with Gasteiger partial charge in [-0.15, -0.1) is 0 Å². The molecule has 1 unspecified atom stereocenters. The maximum Gasteiger partial charge on any atom is 0.173 e. The first kappa shape index (κ1) is 11.2. The topological polar surface area (TPSA) is 17.1 Å². The van der Waals surface area contributed by atoms with Crippen molar-refractivity contribution in [3.05, 3.63) is 0 Å². The van der Waals surface area contributed by atoms with Crippen LogP contribution in [0.4, 0.5) is 0 Å². The van der Waals surface area contributed by atoms with E-state index in [0.717, 1.165) is 25.7 Å². The lowest BCUT2D eigenvalue weighted by Crippen LogP contribution is -2.33. The Labute approximate surface area is 98.1 Å². The summed E-state index contributed by atoms with van der Waals surface area (Å²) in [6.07, 6.45) is 5.32. The van der Waals surface area contributed by atoms with Crippen LogP contribution in [0.15, 0.2) is 0 Å². The van der Waals surface area contributed by atoms with Gasteiger partial charge >= 0.3 is 0 Å². The fourth-order valence-corrected chi connectivity index (χ4v) is 3.77. The van der Waals surface area contributed by atoms with Crippen molar-refractivity contribution < 1.29 is 4.79 Å². The molecule has 0 spiro atoms. The second-order valence-electron chi connectivity index (χ2n) is 3.14. The minimum Gasteiger partial charge on any atom is -0.296 e. The fraction of sp³-hybridized carbons (Fsp3) is 0.875. The first-order chi connectivity index (χ1) is 5.54. The quantitative estimate of drug-likeness (QED) is 0.599. The third kappa shape index (κ3) is 2.81. The molecule has 1 atom stereocenters. The zero-order valence-corrected chi connectivity index (χ0v) is 11.4. The van der Waals surface area contributed by atoms with Crippen molar-refractivity contribution in [2.45, 2.75) is 40.2 Å². The molecule has 0 bridgehead atoms. The predicted octanol–water partition coefficient (Wildman–Crippen LogP) is 3.77. The van der Waals surface area contributed by atoms with Crippen molar-refractivity contribution in [2.75, 3.05) is 0 Å². The molecule has 0 saturated heterocycles. The molecule has 1 nitrogen and oxygen atoms in total. The summed E-state index contributed by atoms with van der Waals surface area (Å²) in [5.74, 6) is 0.224. The van der Waals surface area contributed by atoms with Crippen molar-refractivity contribution in [3.63, 3.8) is 0 Å². The first-order valence-electron chi connectivity index (χ1n) is 4.10. The van der Waals surface area contributed by atoms with Gasteiger partial charge in [-0.1, -0.05) is 67.1 Å². The van der Waals surface area contributed by atoms with E-state index in [9.17, 15) is 4.79 Å². The highest BCUT2D eigenvalue weighted by Crippen LogP contribution is 2.38. The predicted molar refractivity (Wildman–Crippen MR) is 61.4 cm³/mol. The van der Waals surface area contributed by atoms with Gasteiger partial charge in [0.05, 0.1) is 4.83 Å². The van der Waals surface area contributed by atoms with Gasteiger partial charge in [-0.25, -0.2) is 0 Å². The number of alkyl halides is 3. The Kier molecular flexibility index (Phi) is 4.25. The Morgan fingerprint density at radius 3 is 2.58 bits per heavy atom. The lowest BCUT2D eigenvalue weighted by atomic mass is 10.00. The van der Waals surface area contributed by atoms with Crippen LogP contribution in [0.5, 0.6) is 0 Å². The van der Waals surface area contributed by atoms with Crippen molar-refractivity contribution in [3.8, 4) is 0 Å². The van der Waals surface area contributed by atoms with Gasteiger partial charge in [0.15, 0.2) is 5.78 Å². The van der Waals surface area contributed by atoms with Gasteiger partial charge in [-0.2, -0.15) is 0 Å². The van der Waals surface area contributed by atoms with E-state index in [-0.39, 0.29) is 10.6 Å². The van der Waals surface area contributed by atoms with Crippen molar-refractivity contribution in [1.82, 2.24) is 0 Å². The maximum atomic E-state index is 11.7. The van der Waals surface area contributed by atoms with Crippen LogP contribution >= 0.6 is 47.8 Å². The Morgan fingerprint density at radius 2 is 1.92 bits per heavy atom. The smallest absolute Gasteiger partial charge is 0.173 e. The zero-order chi connectivity index (χ0) is 9.19. The lowest BCUT2D eigenvalue weighted by molar-refractivity contribution is -0.118. The molecule has 0 aromatic rings. The number of ketones is 1. The van der Waals surface area contributed by atoms with Gasteiger partial charge in [-0.05, 0) is 12.8 Å². The summed E-state index contributed by atoms with van der Waals surface area (Å²) in [6, 6.07) is 0. The van der Waals surface area contributed by atoms with Crippen LogP contribution < -0.4 is 0 Å². The normalized spacial score (nSPS) is 30.9. The molecule has 0 radical (unpaired) electrons. The van der Waals surface area contributed by atoms with E-state index >= 15 is 0 Å². The molecule has 1 rings (SSSR count). The third-order valence-corrected chi connectivity index (χ3v) is 4.54. The highest BCUT2D eigenvalue weighted by atomic mass is 79.9. The Hall–Kier alpha value is 1.11. The average Bonchev–Trinajstić information content (AvgIpc) is 2.00. The first-order valence-corrected chi connectivity index (χ1v) is 6.60. The zero-order valence-electron chi connectivity index (χ0n) is 6.66. The van der Waals surface area contributed by atoms with Crippen molar-refractivity contribution >= 4 is 53.6 Å². The SMILES string of the molecule is O=C1C(Br)CCCCCC1(Br)Br. The van der Waals surface area contributed by atoms with Crippen LogP contribution in [0, 0.1) is 0 Å². The number of carbonyl (C=O) groups excluding carboxylic acids is 1. The molecule has 4 heteroatoms. The molecule has 1 fully saturated rings. The molecule has 1 aliphatic rings. The Morgan fingerprint density at radius 1 is 1.25 bits per heavy atom. The van der Waals surface area contributed by atoms with E-state index in [0.29, 0.717) is 0 Å². The molecule has 0 aromatic carbocycles. The minimum absolute atomic E-state index is 0.0107. The van der Waals surface area contributed by atoms with Crippen LogP contribution in [0.25, 0.3) is 0 Å². The number of hydrogen-bond donors (Lipinski definition) is 0. The summed E-state index contributed by atoms with van der Waals surface area (Å²) >= 11 is 10.2. The summed E-state index contributed by atoms with van der Waals surface area (Å²) in [7, 11) is 0. The van der Waals surface area contributed by atoms with Crippen LogP contribution in [-0.4, -0.2) is 13.8 Å². The van der Waals surface area contributed by atoms with Gasteiger partial charge in [0, 0.05) is 0 Å². The summed E-state index contributed by atoms with van der Waals surface area (Å²) in [4.78, 5) is 11.7. The van der Waals surface area contributed by atoms with E-state index in [1.807, 2.05) is 0 Å². The minimum atomic E-state index is -0.478.